The average molecular weight is 447 g/mol. The summed E-state index contributed by atoms with van der Waals surface area (Å²) in [4.78, 5) is 8.50. The van der Waals surface area contributed by atoms with Crippen LogP contribution in [0, 0.1) is 0 Å². The summed E-state index contributed by atoms with van der Waals surface area (Å²) in [6.07, 6.45) is 2.85. The Balaban J connectivity index is 0. The third-order valence-electron chi connectivity index (χ3n) is 2.34. The molecule has 0 aromatic carbocycles. The summed E-state index contributed by atoms with van der Waals surface area (Å²) >= 11 is 6.00. The third-order valence-corrected chi connectivity index (χ3v) is 2.34. The predicted octanol–water partition coefficient (Wildman–Crippen LogP) is 3.67. The van der Waals surface area contributed by atoms with Gasteiger partial charge in [-0.1, -0.05) is 6.92 Å². The Morgan fingerprint density at radius 1 is 1.05 bits per heavy atom. The fourth-order valence-corrected chi connectivity index (χ4v) is 1.46. The molecule has 19 heavy (non-hydrogen) atoms. The zero-order chi connectivity index (χ0) is 14.9. The number of nitrogens with zero attached hydrogens (tertiary/aromatic N) is 2. The summed E-state index contributed by atoms with van der Waals surface area (Å²) in [5.41, 5.74) is 2.19. The molecule has 0 aliphatic carbocycles. The van der Waals surface area contributed by atoms with Crippen molar-refractivity contribution in [2.75, 3.05) is 41.0 Å². The van der Waals surface area contributed by atoms with E-state index >= 15 is 0 Å². The summed E-state index contributed by atoms with van der Waals surface area (Å²) in [7, 11) is 6.57. The minimum absolute atomic E-state index is 0.658. The van der Waals surface area contributed by atoms with Gasteiger partial charge < -0.3 is 9.47 Å². The molecule has 0 saturated carbocycles. The molecule has 0 radical (unpaired) electrons. The van der Waals surface area contributed by atoms with Crippen molar-refractivity contribution in [3.63, 3.8) is 0 Å². The van der Waals surface area contributed by atoms with Gasteiger partial charge in [0.1, 0.15) is 0 Å². The predicted molar refractivity (Wildman–Crippen MR) is 86.8 cm³/mol. The van der Waals surface area contributed by atoms with Crippen molar-refractivity contribution in [3.8, 4) is 0 Å². The molecule has 0 rings (SSSR count). The fraction of sp³-hybridized carbons (Fsp3) is 0.833. The van der Waals surface area contributed by atoms with Crippen LogP contribution in [-0.2, 0) is 20.4 Å². The standard InChI is InChI=1S/C12H24N2O2.2BrH.Ni/c1-5-11(13-2)12(14-3)7-6-8-16-10-9-15-4;;;/h5-10H2,1-4H3;2*1H;/q;;;+2/p-2. The molecule has 0 N–H and O–H groups in total. The monoisotopic (exact) mass is 444 g/mol. The molecule has 0 aliphatic rings. The van der Waals surface area contributed by atoms with E-state index < -0.39 is 0 Å². The Labute approximate surface area is 137 Å². The first-order valence-electron chi connectivity index (χ1n) is 6.02. The first kappa shape index (κ1) is 22.0. The van der Waals surface area contributed by atoms with Crippen LogP contribution < -0.4 is 0 Å². The first-order valence-corrected chi connectivity index (χ1v) is 10.9. The Hall–Kier alpha value is 0.714. The Morgan fingerprint density at radius 3 is 2.05 bits per heavy atom. The summed E-state index contributed by atoms with van der Waals surface area (Å²) < 4.78 is 10.3. The van der Waals surface area contributed by atoms with Gasteiger partial charge in [0.15, 0.2) is 0 Å². The average Bonchev–Trinajstić information content (AvgIpc) is 2.42. The summed E-state index contributed by atoms with van der Waals surface area (Å²) in [5.74, 6) is 0. The zero-order valence-corrected chi connectivity index (χ0v) is 16.2. The number of ether oxygens (including phenoxy) is 2. The zero-order valence-electron chi connectivity index (χ0n) is 12.0. The van der Waals surface area contributed by atoms with Gasteiger partial charge in [-0.15, -0.1) is 0 Å². The molecule has 0 spiro atoms. The summed E-state index contributed by atoms with van der Waals surface area (Å²) in [5, 5.41) is 0. The normalized spacial score (nSPS) is 12.3. The van der Waals surface area contributed by atoms with E-state index in [1.165, 1.54) is 10.9 Å². The molecule has 4 nitrogen and oxygen atoms in total. The Kier molecular flexibility index (Phi) is 21.7. The number of aliphatic imine (C=N–C) groups is 2. The molecule has 0 fully saturated rings. The molecule has 0 heterocycles. The number of hydrogen-bond donors (Lipinski definition) is 0. The molecule has 0 aromatic heterocycles. The van der Waals surface area contributed by atoms with Gasteiger partial charge in [0.2, 0.25) is 0 Å². The van der Waals surface area contributed by atoms with E-state index in [0.717, 1.165) is 37.3 Å². The van der Waals surface area contributed by atoms with Crippen molar-refractivity contribution in [1.29, 1.82) is 0 Å². The fourth-order valence-electron chi connectivity index (χ4n) is 1.46. The van der Waals surface area contributed by atoms with Crippen LogP contribution in [0.3, 0.4) is 0 Å². The van der Waals surface area contributed by atoms with Crippen LogP contribution >= 0.6 is 28.5 Å². The van der Waals surface area contributed by atoms with Gasteiger partial charge in [-0.05, 0) is 19.3 Å². The van der Waals surface area contributed by atoms with Crippen molar-refractivity contribution in [2.24, 2.45) is 9.98 Å². The molecule has 0 bridgehead atoms. The van der Waals surface area contributed by atoms with E-state index in [4.69, 9.17) is 9.47 Å². The molecule has 0 aliphatic heterocycles. The van der Waals surface area contributed by atoms with Crippen molar-refractivity contribution < 1.29 is 20.4 Å². The van der Waals surface area contributed by atoms with E-state index in [1.54, 1.807) is 7.11 Å². The number of methoxy groups -OCH3 is 1. The molecule has 7 heteroatoms. The minimum atomic E-state index is 0.658. The second kappa shape index (κ2) is 18.7. The topological polar surface area (TPSA) is 43.2 Å². The van der Waals surface area contributed by atoms with Gasteiger partial charge in [0.05, 0.1) is 24.6 Å². The maximum absolute atomic E-state index is 5.40. The van der Waals surface area contributed by atoms with Crippen LogP contribution in [0.1, 0.15) is 26.2 Å². The van der Waals surface area contributed by atoms with Gasteiger partial charge >= 0.3 is 39.3 Å². The molecule has 0 atom stereocenters. The quantitative estimate of drug-likeness (QED) is 0.308. The van der Waals surface area contributed by atoms with Crippen molar-refractivity contribution >= 4 is 39.9 Å². The second-order valence-corrected chi connectivity index (χ2v) is 8.43. The Morgan fingerprint density at radius 2 is 1.63 bits per heavy atom. The van der Waals surface area contributed by atoms with Crippen LogP contribution in [0.4, 0.5) is 0 Å². The van der Waals surface area contributed by atoms with E-state index in [1.807, 2.05) is 14.1 Å². The molecule has 118 valence electrons. The van der Waals surface area contributed by atoms with E-state index in [2.05, 4.69) is 45.4 Å². The number of rotatable bonds is 9. The molecule has 0 aromatic rings. The van der Waals surface area contributed by atoms with Crippen molar-refractivity contribution in [2.45, 2.75) is 26.2 Å². The van der Waals surface area contributed by atoms with Crippen LogP contribution in [0.2, 0.25) is 0 Å². The van der Waals surface area contributed by atoms with Crippen molar-refractivity contribution in [3.05, 3.63) is 0 Å². The van der Waals surface area contributed by atoms with Gasteiger partial charge in [0.25, 0.3) is 0 Å². The molecular formula is C12H24Br2N2NiO2. The first-order chi connectivity index (χ1) is 9.21. The number of halogens is 2. The maximum atomic E-state index is 5.40. The SMILES string of the molecule is CCC(=NC)C(CCCOCCOC)=NC.[Br][Ni][Br]. The van der Waals surface area contributed by atoms with Gasteiger partial charge in [-0.25, -0.2) is 0 Å². The van der Waals surface area contributed by atoms with Crippen LogP contribution in [0.5, 0.6) is 0 Å². The van der Waals surface area contributed by atoms with Crippen LogP contribution in [-0.4, -0.2) is 52.4 Å². The molecule has 0 amide bonds. The summed E-state index contributed by atoms with van der Waals surface area (Å²) in [6.45, 7) is 4.18. The van der Waals surface area contributed by atoms with Crippen LogP contribution in [0.15, 0.2) is 9.98 Å². The van der Waals surface area contributed by atoms with Crippen molar-refractivity contribution in [1.82, 2.24) is 0 Å². The third kappa shape index (κ3) is 14.9. The second-order valence-electron chi connectivity index (χ2n) is 3.45. The molecule has 0 saturated heterocycles. The summed E-state index contributed by atoms with van der Waals surface area (Å²) in [6, 6.07) is 0. The van der Waals surface area contributed by atoms with E-state index in [9.17, 15) is 0 Å². The van der Waals surface area contributed by atoms with Gasteiger partial charge in [-0.3, -0.25) is 9.98 Å². The molecule has 0 unspecified atom stereocenters. The van der Waals surface area contributed by atoms with Gasteiger partial charge in [-0.2, -0.15) is 0 Å². The Bertz CT molecular complexity index is 252. The molecular weight excluding hydrogens is 423 g/mol. The van der Waals surface area contributed by atoms with E-state index in [0.29, 0.717) is 13.2 Å². The van der Waals surface area contributed by atoms with Crippen LogP contribution in [0.25, 0.3) is 0 Å². The number of hydrogen-bond acceptors (Lipinski definition) is 4. The van der Waals surface area contributed by atoms with E-state index in [-0.39, 0.29) is 0 Å². The van der Waals surface area contributed by atoms with Gasteiger partial charge in [0, 0.05) is 27.8 Å².